The molecule has 21 heavy (non-hydrogen) atoms. The normalized spacial score (nSPS) is 17.6. The lowest BCUT2D eigenvalue weighted by Crippen LogP contribution is -2.17. The van der Waals surface area contributed by atoms with E-state index < -0.39 is 6.36 Å². The van der Waals surface area contributed by atoms with Gasteiger partial charge in [0.15, 0.2) is 0 Å². The Labute approximate surface area is 125 Å². The van der Waals surface area contributed by atoms with Crippen LogP contribution in [0, 0.1) is 0 Å². The molecule has 0 spiro atoms. The number of ether oxygens (including phenoxy) is 1. The molecule has 0 N–H and O–H groups in total. The largest absolute Gasteiger partial charge is 0.573 e. The lowest BCUT2D eigenvalue weighted by Gasteiger charge is -2.17. The first-order valence-corrected chi connectivity index (χ1v) is 7.53. The van der Waals surface area contributed by atoms with Crippen molar-refractivity contribution in [1.82, 2.24) is 0 Å². The molecule has 0 radical (unpaired) electrons. The molecular formula is C16H13F3OS. The zero-order valence-corrected chi connectivity index (χ0v) is 12.1. The first-order valence-electron chi connectivity index (χ1n) is 6.54. The van der Waals surface area contributed by atoms with E-state index in [0.717, 1.165) is 21.8 Å². The number of alkyl halides is 3. The van der Waals surface area contributed by atoms with Gasteiger partial charge in [0.25, 0.3) is 0 Å². The molecule has 3 rings (SSSR count). The molecule has 2 aromatic rings. The minimum absolute atomic E-state index is 0.0444. The predicted octanol–water partition coefficient (Wildman–Crippen LogP) is 5.34. The van der Waals surface area contributed by atoms with E-state index in [1.807, 2.05) is 25.1 Å². The summed E-state index contributed by atoms with van der Waals surface area (Å²) < 4.78 is 41.1. The number of fused-ring (bicyclic) bond motifs is 2. The maximum Gasteiger partial charge on any atom is 0.573 e. The molecule has 2 aromatic carbocycles. The van der Waals surface area contributed by atoms with Crippen molar-refractivity contribution in [3.05, 3.63) is 59.2 Å². The fourth-order valence-corrected chi connectivity index (χ4v) is 3.75. The summed E-state index contributed by atoms with van der Waals surface area (Å²) in [6.45, 7) is 2.01. The fraction of sp³-hybridized carbons (Fsp3) is 0.250. The minimum atomic E-state index is -4.66. The first-order chi connectivity index (χ1) is 9.94. The van der Waals surface area contributed by atoms with Crippen molar-refractivity contribution in [3.63, 3.8) is 0 Å². The van der Waals surface area contributed by atoms with E-state index in [-0.39, 0.29) is 11.7 Å². The Morgan fingerprint density at radius 2 is 1.86 bits per heavy atom. The van der Waals surface area contributed by atoms with Crippen LogP contribution in [0.4, 0.5) is 13.2 Å². The van der Waals surface area contributed by atoms with Crippen molar-refractivity contribution >= 4 is 11.8 Å². The van der Waals surface area contributed by atoms with Crippen LogP contribution in [0.5, 0.6) is 5.75 Å². The summed E-state index contributed by atoms with van der Waals surface area (Å²) in [6.07, 6.45) is -4.66. The van der Waals surface area contributed by atoms with Crippen molar-refractivity contribution in [3.8, 4) is 5.75 Å². The third-order valence-corrected chi connectivity index (χ3v) is 4.72. The highest BCUT2D eigenvalue weighted by atomic mass is 32.2. The van der Waals surface area contributed by atoms with Crippen LogP contribution in [0.15, 0.2) is 47.4 Å². The average Bonchev–Trinajstić information content (AvgIpc) is 2.56. The highest BCUT2D eigenvalue weighted by molar-refractivity contribution is 7.98. The monoisotopic (exact) mass is 310 g/mol. The second-order valence-electron chi connectivity index (χ2n) is 4.96. The molecule has 1 aliphatic heterocycles. The van der Waals surface area contributed by atoms with Crippen LogP contribution in [0.2, 0.25) is 0 Å². The number of rotatable bonds is 1. The predicted molar refractivity (Wildman–Crippen MR) is 76.6 cm³/mol. The number of benzene rings is 2. The number of hydrogen-bond acceptors (Lipinski definition) is 2. The summed E-state index contributed by atoms with van der Waals surface area (Å²) in [5.74, 6) is 0.712. The Morgan fingerprint density at radius 3 is 2.62 bits per heavy atom. The quantitative estimate of drug-likeness (QED) is 0.703. The summed E-state index contributed by atoms with van der Waals surface area (Å²) in [4.78, 5) is 1.01. The van der Waals surface area contributed by atoms with E-state index in [9.17, 15) is 13.2 Å². The third kappa shape index (κ3) is 3.02. The first kappa shape index (κ1) is 14.3. The van der Waals surface area contributed by atoms with Gasteiger partial charge in [-0.1, -0.05) is 31.2 Å². The van der Waals surface area contributed by atoms with Crippen molar-refractivity contribution in [2.45, 2.75) is 29.9 Å². The molecule has 0 saturated carbocycles. The topological polar surface area (TPSA) is 9.23 Å². The van der Waals surface area contributed by atoms with Crippen LogP contribution in [-0.2, 0) is 5.75 Å². The number of thioether (sulfide) groups is 1. The Morgan fingerprint density at radius 1 is 1.10 bits per heavy atom. The minimum Gasteiger partial charge on any atom is -0.406 e. The zero-order chi connectivity index (χ0) is 15.0. The van der Waals surface area contributed by atoms with Crippen molar-refractivity contribution in [2.24, 2.45) is 0 Å². The molecule has 0 fully saturated rings. The van der Waals surface area contributed by atoms with Gasteiger partial charge in [0, 0.05) is 16.6 Å². The highest BCUT2D eigenvalue weighted by Crippen LogP contribution is 2.42. The van der Waals surface area contributed by atoms with Crippen molar-refractivity contribution in [1.29, 1.82) is 0 Å². The van der Waals surface area contributed by atoms with Gasteiger partial charge in [-0.05, 0) is 34.9 Å². The third-order valence-electron chi connectivity index (χ3n) is 3.59. The summed E-state index contributed by atoms with van der Waals surface area (Å²) >= 11 is 1.65. The van der Waals surface area contributed by atoms with Gasteiger partial charge in [-0.3, -0.25) is 0 Å². The van der Waals surface area contributed by atoms with Gasteiger partial charge in [0.05, 0.1) is 0 Å². The van der Waals surface area contributed by atoms with Crippen LogP contribution < -0.4 is 4.74 Å². The van der Waals surface area contributed by atoms with Gasteiger partial charge in [0.2, 0.25) is 0 Å². The maximum absolute atomic E-state index is 12.4. The summed E-state index contributed by atoms with van der Waals surface area (Å²) in [7, 11) is 0. The molecule has 1 aliphatic rings. The van der Waals surface area contributed by atoms with Crippen LogP contribution in [0.1, 0.15) is 29.5 Å². The van der Waals surface area contributed by atoms with Gasteiger partial charge in [0.1, 0.15) is 5.75 Å². The van der Waals surface area contributed by atoms with E-state index in [0.29, 0.717) is 0 Å². The molecule has 1 nitrogen and oxygen atoms in total. The van der Waals surface area contributed by atoms with E-state index in [1.165, 1.54) is 17.7 Å². The van der Waals surface area contributed by atoms with E-state index in [4.69, 9.17) is 0 Å². The molecule has 1 heterocycles. The lowest BCUT2D eigenvalue weighted by molar-refractivity contribution is -0.274. The molecule has 1 atom stereocenters. The van der Waals surface area contributed by atoms with Crippen LogP contribution in [0.3, 0.4) is 0 Å². The van der Waals surface area contributed by atoms with Crippen molar-refractivity contribution < 1.29 is 17.9 Å². The number of halogens is 3. The van der Waals surface area contributed by atoms with Gasteiger partial charge >= 0.3 is 6.36 Å². The van der Waals surface area contributed by atoms with Gasteiger partial charge in [-0.25, -0.2) is 0 Å². The average molecular weight is 310 g/mol. The zero-order valence-electron chi connectivity index (χ0n) is 11.3. The molecule has 110 valence electrons. The molecule has 0 amide bonds. The van der Waals surface area contributed by atoms with E-state index in [2.05, 4.69) is 10.8 Å². The van der Waals surface area contributed by atoms with Crippen LogP contribution >= 0.6 is 11.8 Å². The maximum atomic E-state index is 12.4. The second-order valence-corrected chi connectivity index (χ2v) is 5.97. The van der Waals surface area contributed by atoms with E-state index >= 15 is 0 Å². The number of hydrogen-bond donors (Lipinski definition) is 0. The van der Waals surface area contributed by atoms with Crippen LogP contribution in [0.25, 0.3) is 0 Å². The molecule has 0 saturated heterocycles. The summed E-state index contributed by atoms with van der Waals surface area (Å²) in [5, 5.41) is 0. The van der Waals surface area contributed by atoms with Gasteiger partial charge in [-0.2, -0.15) is 0 Å². The van der Waals surface area contributed by atoms with Gasteiger partial charge in [-0.15, -0.1) is 24.9 Å². The van der Waals surface area contributed by atoms with E-state index in [1.54, 1.807) is 17.8 Å². The molecular weight excluding hydrogens is 297 g/mol. The van der Waals surface area contributed by atoms with Gasteiger partial charge < -0.3 is 4.74 Å². The molecule has 0 aromatic heterocycles. The smallest absolute Gasteiger partial charge is 0.406 e. The molecule has 1 unspecified atom stereocenters. The SMILES string of the molecule is CC1c2ccccc2CSc2ccc(OC(F)(F)F)cc21. The Hall–Kier alpha value is -1.62. The Bertz CT molecular complexity index is 667. The lowest BCUT2D eigenvalue weighted by atomic mass is 9.90. The summed E-state index contributed by atoms with van der Waals surface area (Å²) in [6, 6.07) is 12.6. The Kier molecular flexibility index (Phi) is 3.61. The Balaban J connectivity index is 2.02. The fourth-order valence-electron chi connectivity index (χ4n) is 2.60. The second kappa shape index (κ2) is 5.30. The molecule has 5 heteroatoms. The molecule has 0 aliphatic carbocycles. The highest BCUT2D eigenvalue weighted by Gasteiger charge is 2.31. The standard InChI is InChI=1S/C16H13F3OS/c1-10-13-5-3-2-4-11(13)9-21-15-7-6-12(8-14(10)15)20-16(17,18)19/h2-8,10H,9H2,1H3. The summed E-state index contributed by atoms with van der Waals surface area (Å²) in [5.41, 5.74) is 3.27. The van der Waals surface area contributed by atoms with Crippen LogP contribution in [-0.4, -0.2) is 6.36 Å². The molecule has 0 bridgehead atoms. The van der Waals surface area contributed by atoms with Crippen molar-refractivity contribution in [2.75, 3.05) is 0 Å².